The van der Waals surface area contributed by atoms with E-state index < -0.39 is 7.14 Å². The highest BCUT2D eigenvalue weighted by Crippen LogP contribution is 2.47. The van der Waals surface area contributed by atoms with Gasteiger partial charge in [0.1, 0.15) is 12.9 Å². The Morgan fingerprint density at radius 2 is 1.22 bits per heavy atom. The normalized spacial score (nSPS) is 13.1. The van der Waals surface area contributed by atoms with E-state index in [1.54, 1.807) is 0 Å². The van der Waals surface area contributed by atoms with Crippen LogP contribution in [0.2, 0.25) is 0 Å². The molecule has 0 radical (unpaired) electrons. The van der Waals surface area contributed by atoms with Crippen molar-refractivity contribution in [2.45, 2.75) is 130 Å². The Kier molecular flexibility index (Phi) is 13.5. The molecule has 208 valence electrons. The molecule has 0 amide bonds. The summed E-state index contributed by atoms with van der Waals surface area (Å²) < 4.78 is 14.3. The Labute approximate surface area is 229 Å². The zero-order chi connectivity index (χ0) is 27.3. The van der Waals surface area contributed by atoms with Crippen molar-refractivity contribution in [1.82, 2.24) is 0 Å². The molecule has 2 rings (SSSR count). The average Bonchev–Trinajstić information content (AvgIpc) is 2.87. The third-order valence-corrected chi connectivity index (χ3v) is 11.3. The maximum atomic E-state index is 14.3. The molecule has 1 N–H and O–H groups in total. The molecular weight excluding hydrogens is 471 g/mol. The van der Waals surface area contributed by atoms with Crippen LogP contribution in [0.25, 0.3) is 0 Å². The quantitative estimate of drug-likeness (QED) is 0.164. The van der Waals surface area contributed by atoms with Crippen molar-refractivity contribution >= 4 is 12.4 Å². The summed E-state index contributed by atoms with van der Waals surface area (Å²) in [7, 11) is -2.39. The lowest BCUT2D eigenvalue weighted by molar-refractivity contribution is 0.464. The number of hydrogen-bond donors (Lipinski definition) is 1. The largest absolute Gasteiger partial charge is 0.508 e. The molecule has 1 unspecified atom stereocenters. The first kappa shape index (κ1) is 31.7. The monoisotopic (exact) mass is 526 g/mol. The van der Waals surface area contributed by atoms with E-state index in [-0.39, 0.29) is 11.3 Å². The topological polar surface area (TPSA) is 37.3 Å². The number of aromatic hydroxyl groups is 1. The lowest BCUT2D eigenvalue weighted by atomic mass is 9.83. The summed E-state index contributed by atoms with van der Waals surface area (Å²) in [6.45, 7) is 13.3. The highest BCUT2D eigenvalue weighted by molar-refractivity contribution is 7.71. The summed E-state index contributed by atoms with van der Waals surface area (Å²) >= 11 is 0. The summed E-state index contributed by atoms with van der Waals surface area (Å²) in [5.74, 6) is 0.425. The van der Waals surface area contributed by atoms with Crippen LogP contribution in [0.3, 0.4) is 0 Å². The lowest BCUT2D eigenvalue weighted by Crippen LogP contribution is -2.13. The summed E-state index contributed by atoms with van der Waals surface area (Å²) in [5, 5.41) is 11.7. The van der Waals surface area contributed by atoms with E-state index in [1.165, 1.54) is 69.8 Å². The van der Waals surface area contributed by atoms with Crippen LogP contribution in [-0.2, 0) is 9.98 Å². The van der Waals surface area contributed by atoms with Crippen LogP contribution in [0.4, 0.5) is 0 Å². The molecule has 3 heteroatoms. The standard InChI is InChI=1S/C34H55O2P/c1-7-9-11-13-15-17-25-37(36,26-18-16-14-12-10-8-2)31-22-19-29(20-23-31)28(3)32-27-30(34(4,5)6)21-24-33(32)35/h19-24,27-28,35H,7-18,25-26H2,1-6H3. The van der Waals surface area contributed by atoms with E-state index in [0.717, 1.165) is 41.6 Å². The maximum Gasteiger partial charge on any atom is 0.119 e. The van der Waals surface area contributed by atoms with E-state index in [9.17, 15) is 9.67 Å². The van der Waals surface area contributed by atoms with Gasteiger partial charge in [-0.2, -0.15) is 0 Å². The molecule has 0 aromatic heterocycles. The van der Waals surface area contributed by atoms with E-state index in [0.29, 0.717) is 5.75 Å². The molecule has 0 heterocycles. The second-order valence-electron chi connectivity index (χ2n) is 12.2. The van der Waals surface area contributed by atoms with Gasteiger partial charge in [-0.15, -0.1) is 0 Å². The van der Waals surface area contributed by atoms with Crippen molar-refractivity contribution in [3.05, 3.63) is 59.2 Å². The SMILES string of the molecule is CCCCCCCCP(=O)(CCCCCCCC)c1ccc(C(C)c2cc(C(C)(C)C)ccc2O)cc1. The van der Waals surface area contributed by atoms with Crippen molar-refractivity contribution in [3.8, 4) is 5.75 Å². The van der Waals surface area contributed by atoms with Crippen molar-refractivity contribution in [1.29, 1.82) is 0 Å². The fraction of sp³-hybridized carbons (Fsp3) is 0.647. The smallest absolute Gasteiger partial charge is 0.119 e. The number of phenols is 1. The van der Waals surface area contributed by atoms with Gasteiger partial charge in [0.15, 0.2) is 0 Å². The second-order valence-corrected chi connectivity index (χ2v) is 15.4. The van der Waals surface area contributed by atoms with Crippen molar-refractivity contribution < 1.29 is 9.67 Å². The van der Waals surface area contributed by atoms with Gasteiger partial charge in [-0.25, -0.2) is 0 Å². The van der Waals surface area contributed by atoms with E-state index in [4.69, 9.17) is 0 Å². The number of unbranched alkanes of at least 4 members (excludes halogenated alkanes) is 10. The van der Waals surface area contributed by atoms with Crippen LogP contribution in [0, 0.1) is 0 Å². The van der Waals surface area contributed by atoms with Gasteiger partial charge >= 0.3 is 0 Å². The Morgan fingerprint density at radius 1 is 0.730 bits per heavy atom. The first-order valence-corrected chi connectivity index (χ1v) is 17.2. The third kappa shape index (κ3) is 10.3. The molecule has 2 aromatic carbocycles. The van der Waals surface area contributed by atoms with Crippen LogP contribution in [0.1, 0.15) is 141 Å². The minimum absolute atomic E-state index is 0.0335. The van der Waals surface area contributed by atoms with Gasteiger partial charge < -0.3 is 9.67 Å². The third-order valence-electron chi connectivity index (χ3n) is 7.97. The van der Waals surface area contributed by atoms with Crippen LogP contribution < -0.4 is 5.30 Å². The van der Waals surface area contributed by atoms with Gasteiger partial charge in [0.25, 0.3) is 0 Å². The second kappa shape index (κ2) is 15.8. The first-order valence-electron chi connectivity index (χ1n) is 15.1. The van der Waals surface area contributed by atoms with Crippen LogP contribution in [0.5, 0.6) is 5.75 Å². The molecule has 1 atom stereocenters. The summed E-state index contributed by atoms with van der Waals surface area (Å²) in [4.78, 5) is 0. The number of phenolic OH excluding ortho intramolecular Hbond substituents is 1. The molecule has 0 aliphatic rings. The Balaban J connectivity index is 2.15. The van der Waals surface area contributed by atoms with Crippen LogP contribution in [-0.4, -0.2) is 17.4 Å². The predicted molar refractivity (Wildman–Crippen MR) is 164 cm³/mol. The minimum Gasteiger partial charge on any atom is -0.508 e. The molecule has 0 saturated carbocycles. The highest BCUT2D eigenvalue weighted by Gasteiger charge is 2.25. The van der Waals surface area contributed by atoms with Gasteiger partial charge in [-0.1, -0.05) is 142 Å². The molecule has 37 heavy (non-hydrogen) atoms. The van der Waals surface area contributed by atoms with Crippen LogP contribution >= 0.6 is 7.14 Å². The first-order chi connectivity index (χ1) is 17.6. The van der Waals surface area contributed by atoms with Gasteiger partial charge in [0.2, 0.25) is 0 Å². The van der Waals surface area contributed by atoms with Gasteiger partial charge in [0.05, 0.1) is 0 Å². The molecule has 0 fully saturated rings. The average molecular weight is 527 g/mol. The molecule has 0 aliphatic carbocycles. The van der Waals surface area contributed by atoms with Crippen molar-refractivity contribution in [2.75, 3.05) is 12.3 Å². The predicted octanol–water partition coefficient (Wildman–Crippen LogP) is 10.6. The summed E-state index contributed by atoms with van der Waals surface area (Å²) in [6, 6.07) is 14.6. The molecule has 0 aliphatic heterocycles. The van der Waals surface area contributed by atoms with Gasteiger partial charge in [-0.3, -0.25) is 0 Å². The molecule has 0 bridgehead atoms. The fourth-order valence-electron chi connectivity index (χ4n) is 5.25. The zero-order valence-electron chi connectivity index (χ0n) is 24.8. The molecule has 0 saturated heterocycles. The van der Waals surface area contributed by atoms with E-state index >= 15 is 0 Å². The summed E-state index contributed by atoms with van der Waals surface area (Å²) in [6.07, 6.45) is 16.5. The number of benzene rings is 2. The minimum atomic E-state index is -2.39. The number of hydrogen-bond acceptors (Lipinski definition) is 2. The summed E-state index contributed by atoms with van der Waals surface area (Å²) in [5.41, 5.74) is 3.38. The zero-order valence-corrected chi connectivity index (χ0v) is 25.7. The Morgan fingerprint density at radius 3 is 1.70 bits per heavy atom. The molecule has 0 spiro atoms. The Bertz CT molecular complexity index is 935. The van der Waals surface area contributed by atoms with E-state index in [2.05, 4.69) is 71.9 Å². The van der Waals surface area contributed by atoms with E-state index in [1.807, 2.05) is 12.1 Å². The van der Waals surface area contributed by atoms with Gasteiger partial charge in [0, 0.05) is 29.1 Å². The van der Waals surface area contributed by atoms with Crippen LogP contribution in [0.15, 0.2) is 42.5 Å². The fourth-order valence-corrected chi connectivity index (χ4v) is 8.15. The molecule has 2 nitrogen and oxygen atoms in total. The molecule has 2 aromatic rings. The lowest BCUT2D eigenvalue weighted by Gasteiger charge is -2.23. The van der Waals surface area contributed by atoms with Crippen molar-refractivity contribution in [2.24, 2.45) is 0 Å². The van der Waals surface area contributed by atoms with Crippen molar-refractivity contribution in [3.63, 3.8) is 0 Å². The van der Waals surface area contributed by atoms with Gasteiger partial charge in [-0.05, 0) is 35.4 Å². The molecular formula is C34H55O2P. The highest BCUT2D eigenvalue weighted by atomic mass is 31.2. The Hall–Kier alpha value is -1.53. The number of rotatable bonds is 17. The maximum absolute atomic E-state index is 14.3.